The minimum Gasteiger partial charge on any atom is -0.354 e. The van der Waals surface area contributed by atoms with Gasteiger partial charge in [0.05, 0.1) is 0 Å². The monoisotopic (exact) mass is 249 g/mol. The summed E-state index contributed by atoms with van der Waals surface area (Å²) in [5.41, 5.74) is 1.79. The van der Waals surface area contributed by atoms with Crippen LogP contribution in [0.2, 0.25) is 0 Å². The number of amides is 1. The number of rotatable bonds is 4. The number of aryl methyl sites for hydroxylation is 1. The first-order chi connectivity index (χ1) is 8.72. The highest BCUT2D eigenvalue weighted by Gasteiger charge is 2.21. The third kappa shape index (κ3) is 3.13. The molecule has 4 heteroatoms. The summed E-state index contributed by atoms with van der Waals surface area (Å²) in [6, 6.07) is 4.14. The number of hydrogen-bond acceptors (Lipinski definition) is 2. The molecule has 2 N–H and O–H groups in total. The molecule has 1 amide bonds. The first-order valence-corrected chi connectivity index (χ1v) is 6.94. The summed E-state index contributed by atoms with van der Waals surface area (Å²) >= 11 is 0. The Balaban J connectivity index is 1.90. The molecule has 1 aromatic rings. The molecule has 0 saturated carbocycles. The predicted octanol–water partition coefficient (Wildman–Crippen LogP) is 1.79. The lowest BCUT2D eigenvalue weighted by molar-refractivity contribution is 0.0901. The van der Waals surface area contributed by atoms with Crippen LogP contribution < -0.4 is 5.32 Å². The van der Waals surface area contributed by atoms with E-state index in [0.717, 1.165) is 38.2 Å². The first-order valence-electron chi connectivity index (χ1n) is 6.94. The van der Waals surface area contributed by atoms with Gasteiger partial charge in [-0.3, -0.25) is 4.79 Å². The summed E-state index contributed by atoms with van der Waals surface area (Å²) in [6.07, 6.45) is 3.19. The van der Waals surface area contributed by atoms with Gasteiger partial charge in [-0.2, -0.15) is 0 Å². The molecule has 18 heavy (non-hydrogen) atoms. The molecule has 1 aliphatic heterocycles. The summed E-state index contributed by atoms with van der Waals surface area (Å²) in [4.78, 5) is 17.6. The Morgan fingerprint density at radius 1 is 1.50 bits per heavy atom. The zero-order valence-corrected chi connectivity index (χ0v) is 11.3. The molecule has 2 rings (SSSR count). The standard InChI is InChI=1S/C14H23N3O/c1-3-11-7-8-13(15-11)14(18)16-12-6-5-9-17(4-2)10-12/h7-8,12,15H,3-6,9-10H2,1-2H3,(H,16,18). The van der Waals surface area contributed by atoms with E-state index in [0.29, 0.717) is 11.7 Å². The normalized spacial score (nSPS) is 20.9. The molecule has 1 aliphatic rings. The second kappa shape index (κ2) is 6.05. The van der Waals surface area contributed by atoms with Crippen molar-refractivity contribution in [2.24, 2.45) is 0 Å². The number of aromatic nitrogens is 1. The maximum absolute atomic E-state index is 12.1. The molecule has 1 unspecified atom stereocenters. The van der Waals surface area contributed by atoms with E-state index in [9.17, 15) is 4.79 Å². The van der Waals surface area contributed by atoms with Crippen molar-refractivity contribution >= 4 is 5.91 Å². The van der Waals surface area contributed by atoms with Crippen LogP contribution in [0.1, 0.15) is 42.9 Å². The molecule has 0 aromatic carbocycles. The highest BCUT2D eigenvalue weighted by Crippen LogP contribution is 2.10. The van der Waals surface area contributed by atoms with E-state index in [4.69, 9.17) is 0 Å². The van der Waals surface area contributed by atoms with Gasteiger partial charge in [-0.25, -0.2) is 0 Å². The number of hydrogen-bond donors (Lipinski definition) is 2. The topological polar surface area (TPSA) is 48.1 Å². The fraction of sp³-hybridized carbons (Fsp3) is 0.643. The van der Waals surface area contributed by atoms with Gasteiger partial charge in [-0.05, 0) is 44.5 Å². The molecule has 4 nitrogen and oxygen atoms in total. The van der Waals surface area contributed by atoms with Crippen molar-refractivity contribution < 1.29 is 4.79 Å². The second-order valence-electron chi connectivity index (χ2n) is 4.96. The highest BCUT2D eigenvalue weighted by atomic mass is 16.1. The number of nitrogens with one attached hydrogen (secondary N) is 2. The highest BCUT2D eigenvalue weighted by molar-refractivity contribution is 5.92. The van der Waals surface area contributed by atoms with E-state index in [1.165, 1.54) is 6.42 Å². The third-order valence-electron chi connectivity index (χ3n) is 3.66. The second-order valence-corrected chi connectivity index (χ2v) is 4.96. The number of carbonyl (C=O) groups is 1. The SMILES string of the molecule is CCc1ccc(C(=O)NC2CCCN(CC)C2)[nH]1. The van der Waals surface area contributed by atoms with Crippen molar-refractivity contribution in [1.29, 1.82) is 0 Å². The number of aromatic amines is 1. The van der Waals surface area contributed by atoms with E-state index in [2.05, 4.69) is 29.0 Å². The molecule has 0 bridgehead atoms. The fourth-order valence-corrected chi connectivity index (χ4v) is 2.50. The average molecular weight is 249 g/mol. The Bertz CT molecular complexity index is 399. The smallest absolute Gasteiger partial charge is 0.267 e. The Morgan fingerprint density at radius 3 is 3.00 bits per heavy atom. The van der Waals surface area contributed by atoms with Crippen LogP contribution in [0.15, 0.2) is 12.1 Å². The molecule has 1 fully saturated rings. The quantitative estimate of drug-likeness (QED) is 0.854. The van der Waals surface area contributed by atoms with E-state index in [1.807, 2.05) is 12.1 Å². The third-order valence-corrected chi connectivity index (χ3v) is 3.66. The van der Waals surface area contributed by atoms with Crippen molar-refractivity contribution in [3.63, 3.8) is 0 Å². The number of H-pyrrole nitrogens is 1. The Kier molecular flexibility index (Phi) is 4.42. The van der Waals surface area contributed by atoms with Crippen molar-refractivity contribution in [3.05, 3.63) is 23.5 Å². The molecule has 1 saturated heterocycles. The van der Waals surface area contributed by atoms with Gasteiger partial charge >= 0.3 is 0 Å². The molecular weight excluding hydrogens is 226 g/mol. The first kappa shape index (κ1) is 13.1. The van der Waals surface area contributed by atoms with E-state index in [-0.39, 0.29) is 5.91 Å². The number of likely N-dealkylation sites (tertiary alicyclic amines) is 1. The van der Waals surface area contributed by atoms with Crippen LogP contribution in [-0.4, -0.2) is 41.5 Å². The van der Waals surface area contributed by atoms with E-state index >= 15 is 0 Å². The lowest BCUT2D eigenvalue weighted by atomic mass is 10.1. The summed E-state index contributed by atoms with van der Waals surface area (Å²) in [6.45, 7) is 7.44. The predicted molar refractivity (Wildman–Crippen MR) is 72.8 cm³/mol. The average Bonchev–Trinajstić information content (AvgIpc) is 2.88. The lowest BCUT2D eigenvalue weighted by Crippen LogP contribution is -2.47. The Labute approximate surface area is 109 Å². The molecule has 0 radical (unpaired) electrons. The van der Waals surface area contributed by atoms with E-state index < -0.39 is 0 Å². The van der Waals surface area contributed by atoms with E-state index in [1.54, 1.807) is 0 Å². The number of carbonyl (C=O) groups excluding carboxylic acids is 1. The van der Waals surface area contributed by atoms with Gasteiger partial charge in [-0.1, -0.05) is 13.8 Å². The largest absolute Gasteiger partial charge is 0.354 e. The molecule has 0 spiro atoms. The van der Waals surface area contributed by atoms with Gasteiger partial charge in [0.25, 0.3) is 5.91 Å². The summed E-state index contributed by atoms with van der Waals surface area (Å²) in [7, 11) is 0. The molecule has 0 aliphatic carbocycles. The van der Waals surface area contributed by atoms with Crippen molar-refractivity contribution in [3.8, 4) is 0 Å². The molecule has 1 aromatic heterocycles. The Hall–Kier alpha value is -1.29. The van der Waals surface area contributed by atoms with Gasteiger partial charge in [0.2, 0.25) is 0 Å². The van der Waals surface area contributed by atoms with Crippen LogP contribution in [0.3, 0.4) is 0 Å². The zero-order chi connectivity index (χ0) is 13.0. The van der Waals surface area contributed by atoms with Crippen molar-refractivity contribution in [2.75, 3.05) is 19.6 Å². The van der Waals surface area contributed by atoms with Crippen molar-refractivity contribution in [1.82, 2.24) is 15.2 Å². The number of likely N-dealkylation sites (N-methyl/N-ethyl adjacent to an activating group) is 1. The molecule has 2 heterocycles. The summed E-state index contributed by atoms with van der Waals surface area (Å²) < 4.78 is 0. The van der Waals surface area contributed by atoms with Crippen LogP contribution in [0.5, 0.6) is 0 Å². The number of nitrogens with zero attached hydrogens (tertiary/aromatic N) is 1. The minimum absolute atomic E-state index is 0.0256. The molecular formula is C14H23N3O. The Morgan fingerprint density at radius 2 is 2.33 bits per heavy atom. The van der Waals surface area contributed by atoms with Gasteiger partial charge in [0, 0.05) is 18.3 Å². The maximum Gasteiger partial charge on any atom is 0.267 e. The van der Waals surface area contributed by atoms with Crippen molar-refractivity contribution in [2.45, 2.75) is 39.2 Å². The minimum atomic E-state index is 0.0256. The number of piperidine rings is 1. The van der Waals surface area contributed by atoms with Gasteiger partial charge in [0.1, 0.15) is 5.69 Å². The zero-order valence-electron chi connectivity index (χ0n) is 11.3. The molecule has 100 valence electrons. The van der Waals surface area contributed by atoms with Crippen LogP contribution in [0, 0.1) is 0 Å². The van der Waals surface area contributed by atoms with Gasteiger partial charge in [-0.15, -0.1) is 0 Å². The van der Waals surface area contributed by atoms with Crippen LogP contribution in [0.4, 0.5) is 0 Å². The molecule has 1 atom stereocenters. The van der Waals surface area contributed by atoms with Crippen LogP contribution in [0.25, 0.3) is 0 Å². The van der Waals surface area contributed by atoms with Crippen LogP contribution >= 0.6 is 0 Å². The maximum atomic E-state index is 12.1. The fourth-order valence-electron chi connectivity index (χ4n) is 2.50. The van der Waals surface area contributed by atoms with Crippen LogP contribution in [-0.2, 0) is 6.42 Å². The summed E-state index contributed by atoms with van der Waals surface area (Å²) in [5.74, 6) is 0.0256. The van der Waals surface area contributed by atoms with Gasteiger partial charge in [0.15, 0.2) is 0 Å². The summed E-state index contributed by atoms with van der Waals surface area (Å²) in [5, 5.41) is 3.13. The van der Waals surface area contributed by atoms with Gasteiger partial charge < -0.3 is 15.2 Å². The lowest BCUT2D eigenvalue weighted by Gasteiger charge is -2.32.